The molecule has 0 fully saturated rings. The van der Waals surface area contributed by atoms with Crippen molar-refractivity contribution in [3.63, 3.8) is 0 Å². The van der Waals surface area contributed by atoms with E-state index in [9.17, 15) is 0 Å². The minimum absolute atomic E-state index is 0.394. The highest BCUT2D eigenvalue weighted by molar-refractivity contribution is 6.21. The molecule has 0 aliphatic heterocycles. The van der Waals surface area contributed by atoms with Gasteiger partial charge in [0.1, 0.15) is 7.85 Å². The average molecular weight is 261 g/mol. The van der Waals surface area contributed by atoms with Crippen molar-refractivity contribution in [3.05, 3.63) is 23.4 Å². The van der Waals surface area contributed by atoms with Crippen molar-refractivity contribution in [2.24, 2.45) is 11.8 Å². The smallest absolute Gasteiger partial charge is 0.133 e. The fourth-order valence-electron chi connectivity index (χ4n) is 2.27. The van der Waals surface area contributed by atoms with Crippen LogP contribution in [0.1, 0.15) is 65.6 Å². The number of allylic oxidation sites excluding steroid dienone is 2. The molecule has 0 saturated heterocycles. The molecule has 0 aliphatic carbocycles. The Labute approximate surface area is 118 Å². The van der Waals surface area contributed by atoms with E-state index >= 15 is 0 Å². The van der Waals surface area contributed by atoms with Gasteiger partial charge in [-0.3, -0.25) is 0 Å². The quantitative estimate of drug-likeness (QED) is 0.736. The predicted molar refractivity (Wildman–Crippen MR) is 84.1 cm³/mol. The van der Waals surface area contributed by atoms with Gasteiger partial charge in [0.2, 0.25) is 0 Å². The molecule has 1 rings (SSSR count). The SMILES string of the molecule is B/C(=C\C(C)C)C(C)CC(C)n1cc(C(C)C)nn1. The predicted octanol–water partition coefficient (Wildman–Crippen LogP) is 3.16. The van der Waals surface area contributed by atoms with Gasteiger partial charge in [0.15, 0.2) is 0 Å². The molecule has 0 amide bonds. The van der Waals surface area contributed by atoms with Gasteiger partial charge in [0.25, 0.3) is 0 Å². The molecule has 4 heteroatoms. The lowest BCUT2D eigenvalue weighted by atomic mass is 9.79. The van der Waals surface area contributed by atoms with Crippen molar-refractivity contribution in [2.75, 3.05) is 0 Å². The first-order valence-corrected chi connectivity index (χ1v) is 7.41. The Bertz CT molecular complexity index is 421. The largest absolute Gasteiger partial charge is 0.249 e. The summed E-state index contributed by atoms with van der Waals surface area (Å²) in [5, 5.41) is 8.49. The molecule has 3 nitrogen and oxygen atoms in total. The van der Waals surface area contributed by atoms with E-state index in [1.54, 1.807) is 0 Å². The zero-order valence-corrected chi connectivity index (χ0v) is 13.5. The second kappa shape index (κ2) is 6.92. The molecule has 0 bridgehead atoms. The molecule has 2 unspecified atom stereocenters. The molecular weight excluding hydrogens is 233 g/mol. The molecule has 19 heavy (non-hydrogen) atoms. The van der Waals surface area contributed by atoms with Crippen LogP contribution in [0, 0.1) is 11.8 Å². The maximum absolute atomic E-state index is 4.26. The summed E-state index contributed by atoms with van der Waals surface area (Å²) in [7, 11) is 2.23. The molecular formula is C15H28BN3. The molecule has 1 aromatic rings. The monoisotopic (exact) mass is 261 g/mol. The summed E-state index contributed by atoms with van der Waals surface area (Å²) in [6, 6.07) is 0.394. The van der Waals surface area contributed by atoms with Crippen molar-refractivity contribution in [3.8, 4) is 0 Å². The van der Waals surface area contributed by atoms with Crippen LogP contribution in [0.5, 0.6) is 0 Å². The molecule has 0 radical (unpaired) electrons. The van der Waals surface area contributed by atoms with Crippen molar-refractivity contribution < 1.29 is 0 Å². The van der Waals surface area contributed by atoms with Crippen molar-refractivity contribution in [1.29, 1.82) is 0 Å². The van der Waals surface area contributed by atoms with Crippen LogP contribution in [-0.4, -0.2) is 22.8 Å². The highest BCUT2D eigenvalue weighted by Gasteiger charge is 2.14. The zero-order valence-electron chi connectivity index (χ0n) is 13.5. The first-order valence-electron chi connectivity index (χ1n) is 7.41. The molecule has 0 saturated carbocycles. The normalized spacial score (nSPS) is 16.1. The molecule has 0 aromatic carbocycles. The highest BCUT2D eigenvalue weighted by Crippen LogP contribution is 2.22. The molecule has 1 aromatic heterocycles. The second-order valence-electron chi connectivity index (χ2n) is 6.42. The average Bonchev–Trinajstić information content (AvgIpc) is 2.77. The Morgan fingerprint density at radius 1 is 1.26 bits per heavy atom. The number of hydrogen-bond donors (Lipinski definition) is 0. The number of hydrogen-bond acceptors (Lipinski definition) is 2. The summed E-state index contributed by atoms with van der Waals surface area (Å²) in [5.41, 5.74) is 2.56. The maximum atomic E-state index is 4.26. The molecule has 0 N–H and O–H groups in total. The Morgan fingerprint density at radius 3 is 2.37 bits per heavy atom. The molecule has 0 spiro atoms. The molecule has 1 heterocycles. The first-order chi connectivity index (χ1) is 8.81. The van der Waals surface area contributed by atoms with E-state index in [2.05, 4.69) is 72.0 Å². The standard InChI is InChI=1S/C15H28BN3/c1-10(2)7-14(16)12(5)8-13(6)19-9-15(11(3)4)17-18-19/h7,9-13H,8,16H2,1-6H3/b14-7-. The van der Waals surface area contributed by atoms with Gasteiger partial charge in [-0.2, -0.15) is 0 Å². The van der Waals surface area contributed by atoms with Gasteiger partial charge in [-0.25, -0.2) is 4.68 Å². The summed E-state index contributed by atoms with van der Waals surface area (Å²) in [6.07, 6.45) is 5.55. The number of rotatable bonds is 6. The van der Waals surface area contributed by atoms with E-state index in [0.29, 0.717) is 23.8 Å². The van der Waals surface area contributed by atoms with Crippen LogP contribution in [-0.2, 0) is 0 Å². The van der Waals surface area contributed by atoms with E-state index < -0.39 is 0 Å². The third-order valence-electron chi connectivity index (χ3n) is 3.64. The minimum atomic E-state index is 0.394. The van der Waals surface area contributed by atoms with Crippen LogP contribution in [0.15, 0.2) is 17.7 Å². The summed E-state index contributed by atoms with van der Waals surface area (Å²) in [4.78, 5) is 0. The minimum Gasteiger partial charge on any atom is -0.249 e. The lowest BCUT2D eigenvalue weighted by Gasteiger charge is -2.19. The summed E-state index contributed by atoms with van der Waals surface area (Å²) in [6.45, 7) is 13.3. The van der Waals surface area contributed by atoms with Gasteiger partial charge in [0, 0.05) is 6.20 Å². The Morgan fingerprint density at radius 2 is 1.89 bits per heavy atom. The summed E-state index contributed by atoms with van der Waals surface area (Å²) >= 11 is 0. The topological polar surface area (TPSA) is 30.7 Å². The van der Waals surface area contributed by atoms with E-state index in [0.717, 1.165) is 12.1 Å². The van der Waals surface area contributed by atoms with Gasteiger partial charge in [0.05, 0.1) is 11.7 Å². The van der Waals surface area contributed by atoms with Gasteiger partial charge < -0.3 is 0 Å². The third kappa shape index (κ3) is 4.85. The summed E-state index contributed by atoms with van der Waals surface area (Å²) < 4.78 is 2.01. The first kappa shape index (κ1) is 16.0. The highest BCUT2D eigenvalue weighted by atomic mass is 15.4. The van der Waals surface area contributed by atoms with Gasteiger partial charge in [-0.15, -0.1) is 10.6 Å². The van der Waals surface area contributed by atoms with Crippen LogP contribution in [0.4, 0.5) is 0 Å². The van der Waals surface area contributed by atoms with Crippen LogP contribution < -0.4 is 0 Å². The Hall–Kier alpha value is -1.06. The van der Waals surface area contributed by atoms with Crippen LogP contribution in [0.3, 0.4) is 0 Å². The molecule has 106 valence electrons. The van der Waals surface area contributed by atoms with Gasteiger partial charge in [-0.05, 0) is 31.1 Å². The van der Waals surface area contributed by atoms with Gasteiger partial charge >= 0.3 is 0 Å². The lowest BCUT2D eigenvalue weighted by molar-refractivity contribution is 0.405. The lowest BCUT2D eigenvalue weighted by Crippen LogP contribution is -2.12. The van der Waals surface area contributed by atoms with Crippen molar-refractivity contribution >= 4 is 7.85 Å². The van der Waals surface area contributed by atoms with E-state index in [1.807, 2.05) is 4.68 Å². The van der Waals surface area contributed by atoms with Crippen LogP contribution in [0.25, 0.3) is 0 Å². The van der Waals surface area contributed by atoms with E-state index in [-0.39, 0.29) is 0 Å². The zero-order chi connectivity index (χ0) is 14.6. The van der Waals surface area contributed by atoms with Gasteiger partial charge in [-0.1, -0.05) is 45.9 Å². The fraction of sp³-hybridized carbons (Fsp3) is 0.733. The van der Waals surface area contributed by atoms with E-state index in [1.165, 1.54) is 5.47 Å². The van der Waals surface area contributed by atoms with Crippen LogP contribution in [0.2, 0.25) is 0 Å². The molecule has 2 atom stereocenters. The van der Waals surface area contributed by atoms with Crippen LogP contribution >= 0.6 is 0 Å². The maximum Gasteiger partial charge on any atom is 0.133 e. The summed E-state index contributed by atoms with van der Waals surface area (Å²) in [5.74, 6) is 1.65. The van der Waals surface area contributed by atoms with E-state index in [4.69, 9.17) is 0 Å². The van der Waals surface area contributed by atoms with Crippen molar-refractivity contribution in [2.45, 2.75) is 59.9 Å². The fourth-order valence-corrected chi connectivity index (χ4v) is 2.27. The third-order valence-corrected chi connectivity index (χ3v) is 3.64. The number of aromatic nitrogens is 3. The Kier molecular flexibility index (Phi) is 5.83. The Balaban J connectivity index is 2.65. The second-order valence-corrected chi connectivity index (χ2v) is 6.42. The number of nitrogens with zero attached hydrogens (tertiary/aromatic N) is 3. The van der Waals surface area contributed by atoms with Crippen molar-refractivity contribution in [1.82, 2.24) is 15.0 Å². The molecule has 0 aliphatic rings.